The normalized spacial score (nSPS) is 13.8. The topological polar surface area (TPSA) is 81.3 Å². The van der Waals surface area contributed by atoms with Crippen LogP contribution in [0.2, 0.25) is 0 Å². The predicted octanol–water partition coefficient (Wildman–Crippen LogP) is 2.81. The van der Waals surface area contributed by atoms with Gasteiger partial charge in [-0.1, -0.05) is 6.92 Å². The number of anilines is 1. The Morgan fingerprint density at radius 2 is 2.32 bits per heavy atom. The van der Waals surface area contributed by atoms with E-state index < -0.39 is 6.72 Å². The fourth-order valence-corrected chi connectivity index (χ4v) is 6.13. The summed E-state index contributed by atoms with van der Waals surface area (Å²) in [5.74, 6) is 1.01. The molecule has 1 unspecified atom stereocenters. The Balaban J connectivity index is 3.13. The van der Waals surface area contributed by atoms with Crippen LogP contribution >= 0.6 is 30.3 Å². The van der Waals surface area contributed by atoms with Crippen LogP contribution in [0.25, 0.3) is 0 Å². The molecular formula is C10H17N4O2PS2. The minimum atomic E-state index is -3.24. The van der Waals surface area contributed by atoms with Gasteiger partial charge >= 0.3 is 6.72 Å². The van der Waals surface area contributed by atoms with Gasteiger partial charge in [0.25, 0.3) is 0 Å². The van der Waals surface area contributed by atoms with Crippen LogP contribution in [0, 0.1) is 0 Å². The number of nitrogens with two attached hydrogens (primary N) is 1. The molecule has 1 atom stereocenters. The molecule has 0 aliphatic heterocycles. The highest BCUT2D eigenvalue weighted by Gasteiger charge is 2.35. The van der Waals surface area contributed by atoms with E-state index in [2.05, 4.69) is 9.97 Å². The average Bonchev–Trinajstić information content (AvgIpc) is 2.37. The molecule has 0 aliphatic carbocycles. The van der Waals surface area contributed by atoms with Gasteiger partial charge in [0, 0.05) is 18.1 Å². The predicted molar refractivity (Wildman–Crippen MR) is 83.3 cm³/mol. The van der Waals surface area contributed by atoms with Crippen molar-refractivity contribution in [2.75, 3.05) is 17.0 Å². The summed E-state index contributed by atoms with van der Waals surface area (Å²) in [6.45, 7) is 0.824. The van der Waals surface area contributed by atoms with Gasteiger partial charge in [0.2, 0.25) is 0 Å². The van der Waals surface area contributed by atoms with Crippen LogP contribution in [-0.2, 0) is 9.09 Å². The van der Waals surface area contributed by atoms with Gasteiger partial charge in [0.15, 0.2) is 10.9 Å². The molecule has 19 heavy (non-hydrogen) atoms. The maximum absolute atomic E-state index is 12.9. The molecule has 9 heteroatoms. The maximum Gasteiger partial charge on any atom is 0.361 e. The molecule has 106 valence electrons. The minimum Gasteiger partial charge on any atom is -0.375 e. The van der Waals surface area contributed by atoms with Crippen molar-refractivity contribution in [3.05, 3.63) is 18.6 Å². The third-order valence-electron chi connectivity index (χ3n) is 1.97. The summed E-state index contributed by atoms with van der Waals surface area (Å²) in [6, 6.07) is 0. The lowest BCUT2D eigenvalue weighted by molar-refractivity contribution is 0.346. The van der Waals surface area contributed by atoms with Gasteiger partial charge in [-0.05, 0) is 36.9 Å². The van der Waals surface area contributed by atoms with Crippen LogP contribution in [0.15, 0.2) is 18.6 Å². The largest absolute Gasteiger partial charge is 0.375 e. The van der Waals surface area contributed by atoms with Crippen molar-refractivity contribution in [1.29, 1.82) is 0 Å². The molecule has 1 aromatic heterocycles. The lowest BCUT2D eigenvalue weighted by atomic mass is 10.6. The quantitative estimate of drug-likeness (QED) is 0.607. The molecule has 6 nitrogen and oxygen atoms in total. The molecule has 0 radical (unpaired) electrons. The van der Waals surface area contributed by atoms with Crippen molar-refractivity contribution in [3.8, 4) is 0 Å². The molecule has 1 rings (SSSR count). The summed E-state index contributed by atoms with van der Waals surface area (Å²) in [7, 11) is 0. The van der Waals surface area contributed by atoms with E-state index in [1.807, 2.05) is 6.92 Å². The summed E-state index contributed by atoms with van der Waals surface area (Å²) in [6.07, 6.45) is 5.33. The highest BCUT2D eigenvalue weighted by Crippen LogP contribution is 2.63. The molecule has 1 aromatic rings. The van der Waals surface area contributed by atoms with Crippen molar-refractivity contribution in [1.82, 2.24) is 9.97 Å². The van der Waals surface area contributed by atoms with E-state index in [0.717, 1.165) is 6.42 Å². The zero-order valence-electron chi connectivity index (χ0n) is 10.9. The Hall–Kier alpha value is -0.690. The average molecular weight is 320 g/mol. The van der Waals surface area contributed by atoms with Gasteiger partial charge in [-0.3, -0.25) is 9.55 Å². The van der Waals surface area contributed by atoms with E-state index in [4.69, 9.17) is 22.5 Å². The molecule has 0 aromatic carbocycles. The van der Waals surface area contributed by atoms with E-state index in [-0.39, 0.29) is 5.11 Å². The molecular weight excluding hydrogens is 303 g/mol. The minimum absolute atomic E-state index is 0.0408. The van der Waals surface area contributed by atoms with Gasteiger partial charge in [-0.25, -0.2) is 9.65 Å². The molecule has 0 saturated carbocycles. The van der Waals surface area contributed by atoms with Gasteiger partial charge < -0.3 is 10.3 Å². The fraction of sp³-hybridized carbons (Fsp3) is 0.500. The second-order valence-electron chi connectivity index (χ2n) is 3.43. The monoisotopic (exact) mass is 320 g/mol. The Labute approximate surface area is 122 Å². The van der Waals surface area contributed by atoms with Gasteiger partial charge in [0.1, 0.15) is 0 Å². The molecule has 2 N–H and O–H groups in total. The third-order valence-corrected chi connectivity index (χ3v) is 7.03. The molecule has 0 bridgehead atoms. The molecule has 0 amide bonds. The first kappa shape index (κ1) is 16.4. The maximum atomic E-state index is 12.9. The molecule has 0 fully saturated rings. The molecule has 0 saturated heterocycles. The van der Waals surface area contributed by atoms with Crippen molar-refractivity contribution >= 4 is 41.3 Å². The Bertz CT molecular complexity index is 460. The van der Waals surface area contributed by atoms with Crippen LogP contribution in [0.5, 0.6) is 0 Å². The lowest BCUT2D eigenvalue weighted by Crippen LogP contribution is -2.33. The lowest BCUT2D eigenvalue weighted by Gasteiger charge is -2.29. The van der Waals surface area contributed by atoms with Gasteiger partial charge in [-0.2, -0.15) is 0 Å². The van der Waals surface area contributed by atoms with Crippen LogP contribution in [0.4, 0.5) is 5.82 Å². The summed E-state index contributed by atoms with van der Waals surface area (Å²) in [5.41, 5.74) is 5.68. The van der Waals surface area contributed by atoms with Crippen LogP contribution in [0.1, 0.15) is 20.3 Å². The van der Waals surface area contributed by atoms with Crippen LogP contribution < -0.4 is 10.4 Å². The van der Waals surface area contributed by atoms with E-state index in [0.29, 0.717) is 18.2 Å². The third kappa shape index (κ3) is 4.42. The second kappa shape index (κ2) is 7.79. The number of aromatic nitrogens is 2. The van der Waals surface area contributed by atoms with Crippen molar-refractivity contribution in [2.45, 2.75) is 20.3 Å². The van der Waals surface area contributed by atoms with E-state index in [1.165, 1.54) is 34.6 Å². The first-order valence-corrected chi connectivity index (χ1v) is 9.38. The summed E-state index contributed by atoms with van der Waals surface area (Å²) < 4.78 is 19.6. The molecule has 0 aliphatic rings. The molecule has 0 spiro atoms. The number of hydrogen-bond donors (Lipinski definition) is 1. The van der Waals surface area contributed by atoms with Gasteiger partial charge in [-0.15, -0.1) is 0 Å². The Kier molecular flexibility index (Phi) is 6.71. The van der Waals surface area contributed by atoms with E-state index in [1.54, 1.807) is 6.92 Å². The SMILES string of the molecule is CCCSP(=O)(OCC)N(C(N)=S)c1cnccn1. The van der Waals surface area contributed by atoms with Crippen LogP contribution in [-0.4, -0.2) is 27.4 Å². The summed E-state index contributed by atoms with van der Waals surface area (Å²) in [5, 5.41) is -0.0408. The zero-order chi connectivity index (χ0) is 14.3. The van der Waals surface area contributed by atoms with E-state index >= 15 is 0 Å². The Morgan fingerprint density at radius 3 is 2.79 bits per heavy atom. The second-order valence-corrected chi connectivity index (χ2v) is 8.27. The van der Waals surface area contributed by atoms with Crippen LogP contribution in [0.3, 0.4) is 0 Å². The first-order valence-electron chi connectivity index (χ1n) is 5.80. The van der Waals surface area contributed by atoms with Crippen molar-refractivity contribution in [3.63, 3.8) is 0 Å². The van der Waals surface area contributed by atoms with Crippen molar-refractivity contribution < 1.29 is 9.09 Å². The van der Waals surface area contributed by atoms with E-state index in [9.17, 15) is 4.57 Å². The highest BCUT2D eigenvalue weighted by molar-refractivity contribution is 8.57. The summed E-state index contributed by atoms with van der Waals surface area (Å²) >= 11 is 6.19. The zero-order valence-corrected chi connectivity index (χ0v) is 13.4. The smallest absolute Gasteiger partial charge is 0.361 e. The standard InChI is InChI=1S/C10H17N4O2PS2/c1-3-7-19-17(15,16-4-2)14(10(11)18)9-8-12-5-6-13-9/h5-6,8H,3-4,7H2,1-2H3,(H2,11,18). The number of rotatable bonds is 7. The van der Waals surface area contributed by atoms with Crippen molar-refractivity contribution in [2.24, 2.45) is 5.73 Å². The Morgan fingerprint density at radius 1 is 1.58 bits per heavy atom. The highest BCUT2D eigenvalue weighted by atomic mass is 32.7. The first-order chi connectivity index (χ1) is 9.05. The number of thiocarbonyl (C=S) groups is 1. The summed E-state index contributed by atoms with van der Waals surface area (Å²) in [4.78, 5) is 8.02. The number of hydrogen-bond acceptors (Lipinski definition) is 6. The molecule has 1 heterocycles. The fourth-order valence-electron chi connectivity index (χ4n) is 1.28. The van der Waals surface area contributed by atoms with Gasteiger partial charge in [0.05, 0.1) is 12.8 Å². The number of nitrogens with zero attached hydrogens (tertiary/aromatic N) is 3.